The normalized spacial score (nSPS) is 9.00. The molecule has 0 heterocycles. The van der Waals surface area contributed by atoms with Crippen molar-refractivity contribution in [3.05, 3.63) is 23.8 Å². The fraction of sp³-hybridized carbons (Fsp3) is 0.200. The zero-order valence-corrected chi connectivity index (χ0v) is 7.46. The fourth-order valence-electron chi connectivity index (χ4n) is 0.882. The van der Waals surface area contributed by atoms with Gasteiger partial charge in [-0.05, 0) is 25.2 Å². The monoisotopic (exact) mass is 176 g/mol. The number of aromatic hydroxyl groups is 1. The first-order chi connectivity index (χ1) is 6.24. The maximum atomic E-state index is 9.36. The molecule has 4 N–H and O–H groups in total. The molecule has 0 radical (unpaired) electrons. The molecule has 0 saturated carbocycles. The summed E-state index contributed by atoms with van der Waals surface area (Å²) in [6.07, 6.45) is 0. The number of phenols is 1. The number of phenolic OH excluding ortho intramolecular Hbond substituents is 1. The predicted molar refractivity (Wildman–Crippen MR) is 53.3 cm³/mol. The molecule has 3 nitrogen and oxygen atoms in total. The lowest BCUT2D eigenvalue weighted by Gasteiger charge is -1.97. The van der Waals surface area contributed by atoms with Crippen LogP contribution in [0.25, 0.3) is 0 Å². The van der Waals surface area contributed by atoms with E-state index in [4.69, 9.17) is 5.73 Å². The van der Waals surface area contributed by atoms with Crippen molar-refractivity contribution >= 4 is 5.69 Å². The van der Waals surface area contributed by atoms with Gasteiger partial charge < -0.3 is 16.2 Å². The number of hydrogen-bond donors (Lipinski definition) is 3. The molecule has 0 spiro atoms. The van der Waals surface area contributed by atoms with Gasteiger partial charge >= 0.3 is 0 Å². The first-order valence-electron chi connectivity index (χ1n) is 3.96. The summed E-state index contributed by atoms with van der Waals surface area (Å²) in [6, 6.07) is 4.83. The molecule has 1 aromatic rings. The van der Waals surface area contributed by atoms with Gasteiger partial charge in [0.25, 0.3) is 0 Å². The smallest absolute Gasteiger partial charge is 0.131 e. The van der Waals surface area contributed by atoms with Gasteiger partial charge in [-0.25, -0.2) is 0 Å². The number of nitrogens with two attached hydrogens (primary N) is 1. The molecule has 1 rings (SSSR count). The molecule has 3 heteroatoms. The van der Waals surface area contributed by atoms with Crippen LogP contribution in [0.5, 0.6) is 5.75 Å². The highest BCUT2D eigenvalue weighted by molar-refractivity contribution is 5.54. The van der Waals surface area contributed by atoms with Crippen LogP contribution >= 0.6 is 0 Å². The van der Waals surface area contributed by atoms with Gasteiger partial charge in [0, 0.05) is 5.69 Å². The first kappa shape index (κ1) is 9.43. The highest BCUT2D eigenvalue weighted by atomic mass is 16.3. The average molecular weight is 176 g/mol. The van der Waals surface area contributed by atoms with Gasteiger partial charge in [0.05, 0.1) is 12.1 Å². The van der Waals surface area contributed by atoms with E-state index in [0.717, 1.165) is 0 Å². The molecule has 13 heavy (non-hydrogen) atoms. The highest BCUT2D eigenvalue weighted by Crippen LogP contribution is 2.17. The standard InChI is InChI=1S/C10H12N2O/c1-12-6-2-3-8-7-9(11)4-5-10(8)13/h4-5,7,12-13H,6,11H2,1H3. The summed E-state index contributed by atoms with van der Waals surface area (Å²) in [7, 11) is 1.81. The second kappa shape index (κ2) is 4.39. The van der Waals surface area contributed by atoms with Crippen molar-refractivity contribution in [2.75, 3.05) is 19.3 Å². The van der Waals surface area contributed by atoms with Crippen LogP contribution in [0.3, 0.4) is 0 Å². The molecule has 0 aliphatic heterocycles. The van der Waals surface area contributed by atoms with Crippen molar-refractivity contribution < 1.29 is 5.11 Å². The fourth-order valence-corrected chi connectivity index (χ4v) is 0.882. The van der Waals surface area contributed by atoms with E-state index >= 15 is 0 Å². The van der Waals surface area contributed by atoms with Gasteiger partial charge in [-0.2, -0.15) is 0 Å². The SMILES string of the molecule is CNCC#Cc1cc(N)ccc1O. The van der Waals surface area contributed by atoms with Crippen LogP contribution in [0.4, 0.5) is 5.69 Å². The molecule has 0 aliphatic carbocycles. The third-order valence-electron chi connectivity index (χ3n) is 1.51. The van der Waals surface area contributed by atoms with E-state index < -0.39 is 0 Å². The lowest BCUT2D eigenvalue weighted by atomic mass is 10.2. The Morgan fingerprint density at radius 2 is 2.31 bits per heavy atom. The largest absolute Gasteiger partial charge is 0.507 e. The lowest BCUT2D eigenvalue weighted by Crippen LogP contribution is -2.04. The Morgan fingerprint density at radius 3 is 3.00 bits per heavy atom. The second-order valence-electron chi connectivity index (χ2n) is 2.61. The van der Waals surface area contributed by atoms with Crippen LogP contribution in [-0.2, 0) is 0 Å². The van der Waals surface area contributed by atoms with Gasteiger partial charge in [0.2, 0.25) is 0 Å². The van der Waals surface area contributed by atoms with Crippen molar-refractivity contribution in [1.82, 2.24) is 5.32 Å². The number of rotatable bonds is 1. The lowest BCUT2D eigenvalue weighted by molar-refractivity contribution is 0.474. The summed E-state index contributed by atoms with van der Waals surface area (Å²) < 4.78 is 0. The first-order valence-corrected chi connectivity index (χ1v) is 3.96. The molecule has 0 aliphatic rings. The minimum absolute atomic E-state index is 0.165. The van der Waals surface area contributed by atoms with Crippen molar-refractivity contribution in [2.24, 2.45) is 0 Å². The third kappa shape index (κ3) is 2.69. The summed E-state index contributed by atoms with van der Waals surface area (Å²) in [5, 5.41) is 12.2. The van der Waals surface area contributed by atoms with E-state index in [1.165, 1.54) is 0 Å². The van der Waals surface area contributed by atoms with Crippen LogP contribution in [0, 0.1) is 11.8 Å². The molecule has 0 fully saturated rings. The highest BCUT2D eigenvalue weighted by Gasteiger charge is 1.96. The zero-order valence-electron chi connectivity index (χ0n) is 7.46. The molecule has 0 aromatic heterocycles. The number of nitrogen functional groups attached to an aromatic ring is 1. The molecule has 0 amide bonds. The molecule has 1 aromatic carbocycles. The summed E-state index contributed by atoms with van der Waals surface area (Å²) in [4.78, 5) is 0. The Hall–Kier alpha value is -1.66. The van der Waals surface area contributed by atoms with E-state index in [1.807, 2.05) is 7.05 Å². The van der Waals surface area contributed by atoms with E-state index in [1.54, 1.807) is 18.2 Å². The number of anilines is 1. The molecule has 0 atom stereocenters. The van der Waals surface area contributed by atoms with Crippen molar-refractivity contribution in [3.8, 4) is 17.6 Å². The van der Waals surface area contributed by atoms with Gasteiger partial charge in [0.1, 0.15) is 5.75 Å². The minimum atomic E-state index is 0.165. The van der Waals surface area contributed by atoms with Crippen molar-refractivity contribution in [2.45, 2.75) is 0 Å². The topological polar surface area (TPSA) is 58.3 Å². The molecule has 0 bridgehead atoms. The number of nitrogens with one attached hydrogen (secondary N) is 1. The van der Waals surface area contributed by atoms with Crippen molar-refractivity contribution in [1.29, 1.82) is 0 Å². The Balaban J connectivity index is 2.89. The summed E-state index contributed by atoms with van der Waals surface area (Å²) in [5.74, 6) is 5.82. The molecular weight excluding hydrogens is 164 g/mol. The number of benzene rings is 1. The summed E-state index contributed by atoms with van der Waals surface area (Å²) in [6.45, 7) is 0.592. The maximum absolute atomic E-state index is 9.36. The Bertz CT molecular complexity index is 350. The molecule has 68 valence electrons. The van der Waals surface area contributed by atoms with Gasteiger partial charge in [-0.15, -0.1) is 0 Å². The second-order valence-corrected chi connectivity index (χ2v) is 2.61. The quantitative estimate of drug-likeness (QED) is 0.332. The van der Waals surface area contributed by atoms with Crippen LogP contribution in [0.2, 0.25) is 0 Å². The van der Waals surface area contributed by atoms with Crippen LogP contribution in [0.15, 0.2) is 18.2 Å². The summed E-state index contributed by atoms with van der Waals surface area (Å²) >= 11 is 0. The van der Waals surface area contributed by atoms with Crippen molar-refractivity contribution in [3.63, 3.8) is 0 Å². The van der Waals surface area contributed by atoms with Crippen LogP contribution in [0.1, 0.15) is 5.56 Å². The third-order valence-corrected chi connectivity index (χ3v) is 1.51. The zero-order chi connectivity index (χ0) is 9.68. The van der Waals surface area contributed by atoms with Crippen LogP contribution in [-0.4, -0.2) is 18.7 Å². The molecular formula is C10H12N2O. The minimum Gasteiger partial charge on any atom is -0.507 e. The van der Waals surface area contributed by atoms with Crippen LogP contribution < -0.4 is 11.1 Å². The number of hydrogen-bond acceptors (Lipinski definition) is 3. The Labute approximate surface area is 77.6 Å². The van der Waals surface area contributed by atoms with E-state index in [-0.39, 0.29) is 5.75 Å². The maximum Gasteiger partial charge on any atom is 0.131 e. The van der Waals surface area contributed by atoms with E-state index in [9.17, 15) is 5.11 Å². The van der Waals surface area contributed by atoms with E-state index in [2.05, 4.69) is 17.2 Å². The molecule has 0 unspecified atom stereocenters. The Morgan fingerprint density at radius 1 is 1.54 bits per heavy atom. The van der Waals surface area contributed by atoms with E-state index in [0.29, 0.717) is 17.8 Å². The van der Waals surface area contributed by atoms with Gasteiger partial charge in [-0.1, -0.05) is 11.8 Å². The average Bonchev–Trinajstić information content (AvgIpc) is 2.11. The Kier molecular flexibility index (Phi) is 3.18. The van der Waals surface area contributed by atoms with Gasteiger partial charge in [-0.3, -0.25) is 0 Å². The molecule has 0 saturated heterocycles. The summed E-state index contributed by atoms with van der Waals surface area (Å²) in [5.41, 5.74) is 6.71. The predicted octanol–water partition coefficient (Wildman–Crippen LogP) is 0.545. The van der Waals surface area contributed by atoms with Gasteiger partial charge in [0.15, 0.2) is 0 Å².